The van der Waals surface area contributed by atoms with Crippen molar-refractivity contribution in [2.45, 2.75) is 51.0 Å². The number of ether oxygens (including phenoxy) is 2. The number of esters is 1. The highest BCUT2D eigenvalue weighted by Crippen LogP contribution is 2.33. The van der Waals surface area contributed by atoms with Crippen molar-refractivity contribution in [3.05, 3.63) is 35.6 Å². The Morgan fingerprint density at radius 1 is 1.16 bits per heavy atom. The number of hydrogen-bond acceptors (Lipinski definition) is 6. The second-order valence-electron chi connectivity index (χ2n) is 8.76. The van der Waals surface area contributed by atoms with Crippen LogP contribution in [0.15, 0.2) is 28.9 Å². The molecule has 2 heterocycles. The summed E-state index contributed by atoms with van der Waals surface area (Å²) in [6.45, 7) is 5.63. The number of amides is 1. The molecular formula is C24H32N2O5. The van der Waals surface area contributed by atoms with E-state index in [1.165, 1.54) is 19.3 Å². The van der Waals surface area contributed by atoms with Gasteiger partial charge in [-0.2, -0.15) is 0 Å². The van der Waals surface area contributed by atoms with Crippen molar-refractivity contribution in [1.29, 1.82) is 0 Å². The number of rotatable bonds is 7. The molecule has 0 bridgehead atoms. The maximum absolute atomic E-state index is 12.4. The van der Waals surface area contributed by atoms with Gasteiger partial charge in [-0.1, -0.05) is 31.4 Å². The molecule has 1 aliphatic carbocycles. The number of morpholine rings is 1. The van der Waals surface area contributed by atoms with Gasteiger partial charge in [-0.3, -0.25) is 14.5 Å². The quantitative estimate of drug-likeness (QED) is 0.683. The molecule has 1 amide bonds. The summed E-state index contributed by atoms with van der Waals surface area (Å²) in [6, 6.07) is 5.86. The molecule has 0 radical (unpaired) electrons. The van der Waals surface area contributed by atoms with Crippen molar-refractivity contribution >= 4 is 22.8 Å². The van der Waals surface area contributed by atoms with Crippen LogP contribution in [-0.4, -0.2) is 61.8 Å². The maximum atomic E-state index is 12.4. The molecule has 31 heavy (non-hydrogen) atoms. The highest BCUT2D eigenvalue weighted by atomic mass is 16.5. The van der Waals surface area contributed by atoms with E-state index in [1.54, 1.807) is 6.26 Å². The summed E-state index contributed by atoms with van der Waals surface area (Å²) in [7, 11) is 0. The summed E-state index contributed by atoms with van der Waals surface area (Å²) >= 11 is 0. The number of aryl methyl sites for hydroxylation is 1. The smallest absolute Gasteiger partial charge is 0.310 e. The summed E-state index contributed by atoms with van der Waals surface area (Å²) in [5, 5.41) is 3.92. The lowest BCUT2D eigenvalue weighted by Gasteiger charge is -2.48. The largest absolute Gasteiger partial charge is 0.464 e. The Morgan fingerprint density at radius 2 is 1.94 bits per heavy atom. The van der Waals surface area contributed by atoms with Crippen LogP contribution in [0.2, 0.25) is 0 Å². The number of carbonyl (C=O) groups excluding carboxylic acids is 2. The SMILES string of the molecule is Cc1ccc2c(CC(=O)OCC(=O)NCC3(N4CCOCC4)CCCCC3)coc2c1. The third-order valence-electron chi connectivity index (χ3n) is 6.59. The van der Waals surface area contributed by atoms with E-state index in [-0.39, 0.29) is 24.5 Å². The van der Waals surface area contributed by atoms with E-state index in [1.807, 2.05) is 25.1 Å². The molecular weight excluding hydrogens is 396 g/mol. The Balaban J connectivity index is 1.27. The number of nitrogens with zero attached hydrogens (tertiary/aromatic N) is 1. The minimum atomic E-state index is -0.431. The van der Waals surface area contributed by atoms with E-state index in [0.29, 0.717) is 6.54 Å². The third-order valence-corrected chi connectivity index (χ3v) is 6.59. The maximum Gasteiger partial charge on any atom is 0.310 e. The van der Waals surface area contributed by atoms with E-state index in [0.717, 1.165) is 61.2 Å². The first kappa shape index (κ1) is 21.8. The van der Waals surface area contributed by atoms with E-state index >= 15 is 0 Å². The van der Waals surface area contributed by atoms with Crippen LogP contribution in [0.4, 0.5) is 0 Å². The van der Waals surface area contributed by atoms with Gasteiger partial charge in [0.1, 0.15) is 5.58 Å². The molecule has 2 aliphatic rings. The number of furan rings is 1. The Bertz CT molecular complexity index is 910. The van der Waals surface area contributed by atoms with Crippen LogP contribution in [0.25, 0.3) is 11.0 Å². The van der Waals surface area contributed by atoms with Gasteiger partial charge < -0.3 is 19.2 Å². The number of benzene rings is 1. The zero-order chi connectivity index (χ0) is 21.7. The summed E-state index contributed by atoms with van der Waals surface area (Å²) in [4.78, 5) is 27.2. The summed E-state index contributed by atoms with van der Waals surface area (Å²) in [5.74, 6) is -0.682. The van der Waals surface area contributed by atoms with Crippen LogP contribution < -0.4 is 5.32 Å². The van der Waals surface area contributed by atoms with Crippen LogP contribution >= 0.6 is 0 Å². The van der Waals surface area contributed by atoms with Gasteiger partial charge in [0.2, 0.25) is 0 Å². The van der Waals surface area contributed by atoms with Crippen LogP contribution in [-0.2, 0) is 25.5 Å². The molecule has 7 heteroatoms. The van der Waals surface area contributed by atoms with Gasteiger partial charge in [-0.15, -0.1) is 0 Å². The second-order valence-corrected chi connectivity index (χ2v) is 8.76. The fraction of sp³-hybridized carbons (Fsp3) is 0.583. The molecule has 0 spiro atoms. The van der Waals surface area contributed by atoms with Gasteiger partial charge >= 0.3 is 5.97 Å². The van der Waals surface area contributed by atoms with Gasteiger partial charge in [0.05, 0.1) is 25.9 Å². The number of fused-ring (bicyclic) bond motifs is 1. The van der Waals surface area contributed by atoms with Crippen molar-refractivity contribution in [2.24, 2.45) is 0 Å². The number of nitrogens with one attached hydrogen (secondary N) is 1. The molecule has 0 unspecified atom stereocenters. The molecule has 168 valence electrons. The first-order chi connectivity index (χ1) is 15.1. The van der Waals surface area contributed by atoms with Gasteiger partial charge in [0.25, 0.3) is 5.91 Å². The molecule has 2 fully saturated rings. The molecule has 1 saturated heterocycles. The lowest BCUT2D eigenvalue weighted by atomic mass is 9.79. The lowest BCUT2D eigenvalue weighted by Crippen LogP contribution is -2.59. The Labute approximate surface area is 183 Å². The lowest BCUT2D eigenvalue weighted by molar-refractivity contribution is -0.148. The van der Waals surface area contributed by atoms with Crippen molar-refractivity contribution in [1.82, 2.24) is 10.2 Å². The highest BCUT2D eigenvalue weighted by Gasteiger charge is 2.38. The molecule has 0 atom stereocenters. The molecule has 1 N–H and O–H groups in total. The monoisotopic (exact) mass is 428 g/mol. The standard InChI is InChI=1S/C24H32N2O5/c1-18-5-6-20-19(15-30-21(20)13-18)14-23(28)31-16-22(27)25-17-24(7-3-2-4-8-24)26-9-11-29-12-10-26/h5-6,13,15H,2-4,7-12,14,16-17H2,1H3,(H,25,27). The van der Waals surface area contributed by atoms with E-state index in [2.05, 4.69) is 10.2 Å². The average molecular weight is 429 g/mol. The minimum Gasteiger partial charge on any atom is -0.464 e. The van der Waals surface area contributed by atoms with Crippen LogP contribution in [0.3, 0.4) is 0 Å². The van der Waals surface area contributed by atoms with E-state index in [4.69, 9.17) is 13.9 Å². The number of carbonyl (C=O) groups is 2. The van der Waals surface area contributed by atoms with E-state index in [9.17, 15) is 9.59 Å². The first-order valence-electron chi connectivity index (χ1n) is 11.3. The third kappa shape index (κ3) is 5.28. The molecule has 2 aromatic rings. The van der Waals surface area contributed by atoms with Crippen LogP contribution in [0, 0.1) is 6.92 Å². The normalized spacial score (nSPS) is 19.3. The van der Waals surface area contributed by atoms with Crippen molar-refractivity contribution in [2.75, 3.05) is 39.5 Å². The predicted octanol–water partition coefficient (Wildman–Crippen LogP) is 2.98. The molecule has 1 aromatic carbocycles. The second kappa shape index (κ2) is 9.83. The zero-order valence-corrected chi connectivity index (χ0v) is 18.3. The fourth-order valence-electron chi connectivity index (χ4n) is 4.85. The molecule has 1 aromatic heterocycles. The summed E-state index contributed by atoms with van der Waals surface area (Å²) < 4.78 is 16.3. The van der Waals surface area contributed by atoms with Crippen molar-refractivity contribution < 1.29 is 23.5 Å². The molecule has 1 aliphatic heterocycles. The summed E-state index contributed by atoms with van der Waals surface area (Å²) in [6.07, 6.45) is 7.45. The predicted molar refractivity (Wildman–Crippen MR) is 117 cm³/mol. The summed E-state index contributed by atoms with van der Waals surface area (Å²) in [5.41, 5.74) is 2.62. The van der Waals surface area contributed by atoms with Gasteiger partial charge in [0.15, 0.2) is 6.61 Å². The van der Waals surface area contributed by atoms with Crippen molar-refractivity contribution in [3.8, 4) is 0 Å². The zero-order valence-electron chi connectivity index (χ0n) is 18.3. The average Bonchev–Trinajstić information content (AvgIpc) is 3.19. The fourth-order valence-corrected chi connectivity index (χ4v) is 4.85. The Morgan fingerprint density at radius 3 is 2.71 bits per heavy atom. The minimum absolute atomic E-state index is 0.00443. The van der Waals surface area contributed by atoms with Crippen molar-refractivity contribution in [3.63, 3.8) is 0 Å². The van der Waals surface area contributed by atoms with Gasteiger partial charge in [-0.05, 0) is 31.4 Å². The highest BCUT2D eigenvalue weighted by molar-refractivity contribution is 5.87. The first-order valence-corrected chi connectivity index (χ1v) is 11.3. The Hall–Kier alpha value is -2.38. The van der Waals surface area contributed by atoms with E-state index < -0.39 is 5.97 Å². The topological polar surface area (TPSA) is 81.0 Å². The number of hydrogen-bond donors (Lipinski definition) is 1. The Kier molecular flexibility index (Phi) is 6.92. The molecule has 4 rings (SSSR count). The van der Waals surface area contributed by atoms with Crippen LogP contribution in [0.5, 0.6) is 0 Å². The molecule has 7 nitrogen and oxygen atoms in total. The van der Waals surface area contributed by atoms with Crippen LogP contribution in [0.1, 0.15) is 43.2 Å². The van der Waals surface area contributed by atoms with Gasteiger partial charge in [0, 0.05) is 36.1 Å². The van der Waals surface area contributed by atoms with Gasteiger partial charge in [-0.25, -0.2) is 0 Å². The molecule has 1 saturated carbocycles.